The van der Waals surface area contributed by atoms with E-state index in [-0.39, 0.29) is 23.4 Å². The van der Waals surface area contributed by atoms with Gasteiger partial charge in [0.1, 0.15) is 5.76 Å². The van der Waals surface area contributed by atoms with Crippen LogP contribution in [0.1, 0.15) is 30.3 Å². The van der Waals surface area contributed by atoms with Crippen molar-refractivity contribution in [1.82, 2.24) is 0 Å². The lowest BCUT2D eigenvalue weighted by Crippen LogP contribution is -2.18. The molecule has 0 bridgehead atoms. The highest BCUT2D eigenvalue weighted by molar-refractivity contribution is 5.92. The Labute approximate surface area is 141 Å². The van der Waals surface area contributed by atoms with Crippen molar-refractivity contribution in [2.45, 2.75) is 19.1 Å². The number of methoxy groups -OCH3 is 1. The molecule has 1 aliphatic rings. The number of carbonyl (C=O) groups excluding carboxylic acids is 1. The summed E-state index contributed by atoms with van der Waals surface area (Å²) >= 11 is 0. The largest absolute Gasteiger partial charge is 0.507 e. The summed E-state index contributed by atoms with van der Waals surface area (Å²) in [4.78, 5) is 12.4. The molecule has 4 nitrogen and oxygen atoms in total. The van der Waals surface area contributed by atoms with Crippen LogP contribution in [0.3, 0.4) is 0 Å². The second-order valence-corrected chi connectivity index (χ2v) is 5.85. The fourth-order valence-electron chi connectivity index (χ4n) is 3.17. The van der Waals surface area contributed by atoms with Crippen LogP contribution >= 0.6 is 0 Å². The van der Waals surface area contributed by atoms with Gasteiger partial charge in [-0.3, -0.25) is 0 Å². The number of esters is 1. The molecule has 0 saturated heterocycles. The third-order valence-corrected chi connectivity index (χ3v) is 4.36. The lowest BCUT2D eigenvalue weighted by atomic mass is 9.89. The smallest absolute Gasteiger partial charge is 0.339 e. The fraction of sp³-hybridized carbons (Fsp3) is 0.250. The Morgan fingerprint density at radius 3 is 2.21 bits per heavy atom. The molecular formula is C20H20O4. The summed E-state index contributed by atoms with van der Waals surface area (Å²) < 4.78 is 11.0. The molecule has 0 spiro atoms. The molecule has 3 rings (SSSR count). The van der Waals surface area contributed by atoms with E-state index in [1.165, 1.54) is 0 Å². The summed E-state index contributed by atoms with van der Waals surface area (Å²) in [5.74, 6) is -0.859. The Balaban J connectivity index is 1.94. The molecule has 124 valence electrons. The number of cyclic esters (lactones) is 1. The first-order valence-electron chi connectivity index (χ1n) is 7.90. The van der Waals surface area contributed by atoms with E-state index in [0.29, 0.717) is 0 Å². The van der Waals surface area contributed by atoms with Crippen molar-refractivity contribution < 1.29 is 19.4 Å². The molecule has 0 radical (unpaired) electrons. The maximum absolute atomic E-state index is 12.4. The van der Waals surface area contributed by atoms with Crippen LogP contribution in [-0.2, 0) is 14.3 Å². The summed E-state index contributed by atoms with van der Waals surface area (Å²) in [6.45, 7) is 1.86. The van der Waals surface area contributed by atoms with Gasteiger partial charge in [-0.05, 0) is 5.56 Å². The highest BCUT2D eigenvalue weighted by atomic mass is 16.6. The Morgan fingerprint density at radius 1 is 1.04 bits per heavy atom. The summed E-state index contributed by atoms with van der Waals surface area (Å²) in [5, 5.41) is 10.6. The standard InChI is InChI=1S/C20H20O4/c1-13(18(23-2)14-9-5-3-6-10-14)16-17(21)19(24-20(16)22)15-11-7-4-8-12-15/h3-13,18-19,21H,1-2H3/t13-,18+,19?/m0/s1. The zero-order chi connectivity index (χ0) is 17.1. The van der Waals surface area contributed by atoms with Gasteiger partial charge in [-0.1, -0.05) is 67.6 Å². The normalized spacial score (nSPS) is 19.9. The molecule has 0 aliphatic carbocycles. The molecule has 1 aliphatic heterocycles. The van der Waals surface area contributed by atoms with Gasteiger partial charge >= 0.3 is 5.97 Å². The quantitative estimate of drug-likeness (QED) is 0.841. The average Bonchev–Trinajstić information content (AvgIpc) is 2.91. The maximum Gasteiger partial charge on any atom is 0.339 e. The molecule has 1 N–H and O–H groups in total. The summed E-state index contributed by atoms with van der Waals surface area (Å²) in [6, 6.07) is 18.9. The molecule has 0 amide bonds. The zero-order valence-electron chi connectivity index (χ0n) is 13.7. The number of ether oxygens (including phenoxy) is 2. The molecule has 2 aromatic carbocycles. The Bertz CT molecular complexity index is 737. The summed E-state index contributed by atoms with van der Waals surface area (Å²) in [7, 11) is 1.60. The van der Waals surface area contributed by atoms with Crippen LogP contribution in [-0.4, -0.2) is 18.2 Å². The van der Waals surface area contributed by atoms with Crippen LogP contribution in [0.2, 0.25) is 0 Å². The van der Waals surface area contributed by atoms with Crippen molar-refractivity contribution in [3.05, 3.63) is 83.1 Å². The lowest BCUT2D eigenvalue weighted by Gasteiger charge is -2.22. The van der Waals surface area contributed by atoms with Gasteiger partial charge in [0.25, 0.3) is 0 Å². The van der Waals surface area contributed by atoms with Gasteiger partial charge in [-0.25, -0.2) is 4.79 Å². The van der Waals surface area contributed by atoms with Crippen LogP contribution in [0.5, 0.6) is 0 Å². The molecule has 2 aromatic rings. The highest BCUT2D eigenvalue weighted by Crippen LogP contribution is 2.41. The van der Waals surface area contributed by atoms with Crippen molar-refractivity contribution in [3.63, 3.8) is 0 Å². The first kappa shape index (κ1) is 16.3. The van der Waals surface area contributed by atoms with Crippen LogP contribution in [0.15, 0.2) is 72.0 Å². The van der Waals surface area contributed by atoms with Crippen molar-refractivity contribution in [2.24, 2.45) is 5.92 Å². The fourth-order valence-corrected chi connectivity index (χ4v) is 3.17. The van der Waals surface area contributed by atoms with E-state index in [0.717, 1.165) is 11.1 Å². The van der Waals surface area contributed by atoms with Gasteiger partial charge < -0.3 is 14.6 Å². The lowest BCUT2D eigenvalue weighted by molar-refractivity contribution is -0.141. The van der Waals surface area contributed by atoms with Gasteiger partial charge in [0.2, 0.25) is 0 Å². The molecule has 24 heavy (non-hydrogen) atoms. The molecule has 0 aromatic heterocycles. The van der Waals surface area contributed by atoms with E-state index in [2.05, 4.69) is 0 Å². The third-order valence-electron chi connectivity index (χ3n) is 4.36. The zero-order valence-corrected chi connectivity index (χ0v) is 13.7. The number of hydrogen-bond acceptors (Lipinski definition) is 4. The first-order valence-corrected chi connectivity index (χ1v) is 7.90. The van der Waals surface area contributed by atoms with E-state index in [4.69, 9.17) is 9.47 Å². The second kappa shape index (κ2) is 6.89. The molecule has 1 unspecified atom stereocenters. The van der Waals surface area contributed by atoms with E-state index >= 15 is 0 Å². The van der Waals surface area contributed by atoms with Gasteiger partial charge in [-0.15, -0.1) is 0 Å². The van der Waals surface area contributed by atoms with Crippen molar-refractivity contribution in [1.29, 1.82) is 0 Å². The molecule has 4 heteroatoms. The van der Waals surface area contributed by atoms with Crippen LogP contribution in [0.25, 0.3) is 0 Å². The number of aliphatic hydroxyl groups excluding tert-OH is 1. The molecule has 0 saturated carbocycles. The molecule has 3 atom stereocenters. The van der Waals surface area contributed by atoms with E-state index in [1.807, 2.05) is 67.6 Å². The molecule has 0 fully saturated rings. The van der Waals surface area contributed by atoms with Crippen LogP contribution in [0, 0.1) is 5.92 Å². The number of rotatable bonds is 5. The van der Waals surface area contributed by atoms with Crippen molar-refractivity contribution >= 4 is 5.97 Å². The Morgan fingerprint density at radius 2 is 1.62 bits per heavy atom. The Hall–Kier alpha value is -2.59. The number of carbonyl (C=O) groups is 1. The van der Waals surface area contributed by atoms with Gasteiger partial charge in [0.15, 0.2) is 6.10 Å². The second-order valence-electron chi connectivity index (χ2n) is 5.85. The van der Waals surface area contributed by atoms with Crippen LogP contribution in [0.4, 0.5) is 0 Å². The number of benzene rings is 2. The van der Waals surface area contributed by atoms with Crippen LogP contribution < -0.4 is 0 Å². The molecule has 1 heterocycles. The topological polar surface area (TPSA) is 55.8 Å². The summed E-state index contributed by atoms with van der Waals surface area (Å²) in [6.07, 6.45) is -1.09. The minimum absolute atomic E-state index is 0.0309. The predicted molar refractivity (Wildman–Crippen MR) is 90.3 cm³/mol. The van der Waals surface area contributed by atoms with Crippen molar-refractivity contribution in [2.75, 3.05) is 7.11 Å². The first-order chi connectivity index (χ1) is 11.6. The molecular weight excluding hydrogens is 304 g/mol. The maximum atomic E-state index is 12.4. The van der Waals surface area contributed by atoms with Crippen molar-refractivity contribution in [3.8, 4) is 0 Å². The van der Waals surface area contributed by atoms with Gasteiger partial charge in [-0.2, -0.15) is 0 Å². The Kier molecular flexibility index (Phi) is 4.67. The number of hydrogen-bond donors (Lipinski definition) is 1. The van der Waals surface area contributed by atoms with E-state index in [1.54, 1.807) is 7.11 Å². The van der Waals surface area contributed by atoms with E-state index in [9.17, 15) is 9.90 Å². The highest BCUT2D eigenvalue weighted by Gasteiger charge is 2.40. The summed E-state index contributed by atoms with van der Waals surface area (Å²) in [5.41, 5.74) is 1.97. The van der Waals surface area contributed by atoms with Gasteiger partial charge in [0.05, 0.1) is 11.7 Å². The van der Waals surface area contributed by atoms with E-state index < -0.39 is 12.1 Å². The predicted octanol–water partition coefficient (Wildman–Crippen LogP) is 4.12. The minimum Gasteiger partial charge on any atom is -0.507 e. The monoisotopic (exact) mass is 324 g/mol. The SMILES string of the molecule is CO[C@@H](c1ccccc1)[C@@H](C)C1=C(O)C(c2ccccc2)OC1=O. The average molecular weight is 324 g/mol. The number of aliphatic hydroxyl groups is 1. The van der Waals surface area contributed by atoms with Gasteiger partial charge in [0, 0.05) is 18.6 Å². The third kappa shape index (κ3) is 2.93. The minimum atomic E-state index is -0.746.